The summed E-state index contributed by atoms with van der Waals surface area (Å²) in [6.07, 6.45) is 4.20. The normalized spacial score (nSPS) is 17.2. The van der Waals surface area contributed by atoms with E-state index in [4.69, 9.17) is 4.74 Å². The Bertz CT molecular complexity index is 698. The van der Waals surface area contributed by atoms with Crippen LogP contribution in [0.15, 0.2) is 42.6 Å². The first-order valence-corrected chi connectivity index (χ1v) is 8.80. The van der Waals surface area contributed by atoms with Crippen molar-refractivity contribution in [2.45, 2.75) is 26.7 Å². The van der Waals surface area contributed by atoms with Crippen LogP contribution >= 0.6 is 0 Å². The number of ether oxygens (including phenoxy) is 1. The Hall–Kier alpha value is -2.56. The summed E-state index contributed by atoms with van der Waals surface area (Å²) in [4.78, 5) is 18.8. The lowest BCUT2D eigenvalue weighted by molar-refractivity contribution is -0.118. The minimum atomic E-state index is -0.193. The van der Waals surface area contributed by atoms with Crippen LogP contribution in [0.2, 0.25) is 0 Å². The van der Waals surface area contributed by atoms with Gasteiger partial charge in [-0.2, -0.15) is 0 Å². The topological polar surface area (TPSA) is 54.5 Å². The van der Waals surface area contributed by atoms with Crippen molar-refractivity contribution in [1.82, 2.24) is 4.98 Å². The molecule has 0 radical (unpaired) electrons. The largest absolute Gasteiger partial charge is 0.484 e. The zero-order valence-electron chi connectivity index (χ0n) is 14.9. The Morgan fingerprint density at radius 1 is 1.28 bits per heavy atom. The van der Waals surface area contributed by atoms with Crippen molar-refractivity contribution in [1.29, 1.82) is 0 Å². The quantitative estimate of drug-likeness (QED) is 0.903. The number of rotatable bonds is 5. The molecule has 2 heterocycles. The Kier molecular flexibility index (Phi) is 5.53. The number of aryl methyl sites for hydroxylation is 1. The average Bonchev–Trinajstić information content (AvgIpc) is 2.62. The van der Waals surface area contributed by atoms with Crippen molar-refractivity contribution in [2.24, 2.45) is 5.92 Å². The number of carbonyl (C=O) groups is 1. The zero-order valence-corrected chi connectivity index (χ0v) is 14.9. The maximum atomic E-state index is 12.0. The van der Waals surface area contributed by atoms with Crippen LogP contribution < -0.4 is 15.0 Å². The fourth-order valence-electron chi connectivity index (χ4n) is 3.02. The number of hydrogen-bond donors (Lipinski definition) is 1. The number of nitrogens with zero attached hydrogens (tertiary/aromatic N) is 2. The molecule has 1 aromatic carbocycles. The van der Waals surface area contributed by atoms with Crippen molar-refractivity contribution in [3.05, 3.63) is 48.2 Å². The Balaban J connectivity index is 1.50. The first kappa shape index (κ1) is 17.3. The van der Waals surface area contributed by atoms with Crippen molar-refractivity contribution >= 4 is 17.4 Å². The molecule has 0 aliphatic carbocycles. The van der Waals surface area contributed by atoms with Gasteiger partial charge in [-0.3, -0.25) is 4.79 Å². The van der Waals surface area contributed by atoms with Crippen LogP contribution in [0.1, 0.15) is 25.3 Å². The number of nitrogens with one attached hydrogen (secondary N) is 1. The summed E-state index contributed by atoms with van der Waals surface area (Å²) in [7, 11) is 0. The Labute approximate surface area is 149 Å². The summed E-state index contributed by atoms with van der Waals surface area (Å²) < 4.78 is 5.49. The summed E-state index contributed by atoms with van der Waals surface area (Å²) in [5.41, 5.74) is 1.84. The molecule has 1 unspecified atom stereocenters. The van der Waals surface area contributed by atoms with Crippen molar-refractivity contribution in [3.8, 4) is 5.75 Å². The molecule has 2 aromatic rings. The highest BCUT2D eigenvalue weighted by atomic mass is 16.5. The lowest BCUT2D eigenvalue weighted by Gasteiger charge is -2.31. The third kappa shape index (κ3) is 4.95. The summed E-state index contributed by atoms with van der Waals surface area (Å²) in [6, 6.07) is 11.5. The third-order valence-corrected chi connectivity index (χ3v) is 4.40. The molecule has 1 amide bonds. The van der Waals surface area contributed by atoms with Gasteiger partial charge in [-0.05, 0) is 49.9 Å². The van der Waals surface area contributed by atoms with Gasteiger partial charge in [0.05, 0.1) is 11.9 Å². The predicted octanol–water partition coefficient (Wildman–Crippen LogP) is 3.64. The number of benzene rings is 1. The van der Waals surface area contributed by atoms with Crippen LogP contribution in [0.3, 0.4) is 0 Å². The molecule has 1 fully saturated rings. The highest BCUT2D eigenvalue weighted by Gasteiger charge is 2.17. The van der Waals surface area contributed by atoms with Gasteiger partial charge in [0.1, 0.15) is 11.6 Å². The third-order valence-electron chi connectivity index (χ3n) is 4.40. The minimum absolute atomic E-state index is 0.0194. The maximum absolute atomic E-state index is 12.0. The van der Waals surface area contributed by atoms with Crippen molar-refractivity contribution in [3.63, 3.8) is 0 Å². The maximum Gasteiger partial charge on any atom is 0.262 e. The smallest absolute Gasteiger partial charge is 0.262 e. The zero-order chi connectivity index (χ0) is 17.6. The molecule has 132 valence electrons. The van der Waals surface area contributed by atoms with Gasteiger partial charge in [0, 0.05) is 13.1 Å². The van der Waals surface area contributed by atoms with Gasteiger partial charge in [-0.25, -0.2) is 4.98 Å². The van der Waals surface area contributed by atoms with Crippen LogP contribution in [0.5, 0.6) is 5.75 Å². The highest BCUT2D eigenvalue weighted by Crippen LogP contribution is 2.22. The van der Waals surface area contributed by atoms with E-state index in [0.717, 1.165) is 24.5 Å². The summed E-state index contributed by atoms with van der Waals surface area (Å²) >= 11 is 0. The molecule has 1 saturated heterocycles. The van der Waals surface area contributed by atoms with E-state index in [1.807, 2.05) is 43.3 Å². The first-order valence-electron chi connectivity index (χ1n) is 8.80. The van der Waals surface area contributed by atoms with E-state index in [9.17, 15) is 4.79 Å². The van der Waals surface area contributed by atoms with Crippen molar-refractivity contribution < 1.29 is 9.53 Å². The SMILES string of the molecule is Cc1ccc(OCC(=O)Nc2ccc(N3CCCC(C)C3)nc2)cc1. The van der Waals surface area contributed by atoms with Gasteiger partial charge in [0.25, 0.3) is 5.91 Å². The standard InChI is InChI=1S/C20H25N3O2/c1-15-5-8-18(9-6-15)25-14-20(24)22-17-7-10-19(21-12-17)23-11-3-4-16(2)13-23/h5-10,12,16H,3-4,11,13-14H2,1-2H3,(H,22,24). The van der Waals surface area contributed by atoms with E-state index in [1.54, 1.807) is 6.20 Å². The van der Waals surface area contributed by atoms with Crippen LogP contribution in [0.4, 0.5) is 11.5 Å². The summed E-state index contributed by atoms with van der Waals surface area (Å²) in [5, 5.41) is 2.82. The monoisotopic (exact) mass is 339 g/mol. The second-order valence-electron chi connectivity index (χ2n) is 6.75. The van der Waals surface area contributed by atoms with E-state index < -0.39 is 0 Å². The fourth-order valence-corrected chi connectivity index (χ4v) is 3.02. The molecular weight excluding hydrogens is 314 g/mol. The van der Waals surface area contributed by atoms with E-state index in [0.29, 0.717) is 17.4 Å². The fraction of sp³-hybridized carbons (Fsp3) is 0.400. The Morgan fingerprint density at radius 2 is 2.08 bits per heavy atom. The van der Waals surface area contributed by atoms with Gasteiger partial charge in [0.15, 0.2) is 6.61 Å². The van der Waals surface area contributed by atoms with Crippen molar-refractivity contribution in [2.75, 3.05) is 29.9 Å². The van der Waals surface area contributed by atoms with E-state index in [1.165, 1.54) is 12.8 Å². The van der Waals surface area contributed by atoms with E-state index in [-0.39, 0.29) is 12.5 Å². The Morgan fingerprint density at radius 3 is 2.76 bits per heavy atom. The molecule has 0 saturated carbocycles. The number of hydrogen-bond acceptors (Lipinski definition) is 4. The molecule has 0 bridgehead atoms. The number of pyridine rings is 1. The van der Waals surface area contributed by atoms with Gasteiger partial charge in [-0.15, -0.1) is 0 Å². The second kappa shape index (κ2) is 8.01. The van der Waals surface area contributed by atoms with Crippen LogP contribution in [-0.4, -0.2) is 30.6 Å². The number of amides is 1. The first-order chi connectivity index (χ1) is 12.1. The molecule has 5 heteroatoms. The molecule has 25 heavy (non-hydrogen) atoms. The molecule has 1 N–H and O–H groups in total. The number of anilines is 2. The average molecular weight is 339 g/mol. The predicted molar refractivity (Wildman–Crippen MR) is 100 cm³/mol. The molecule has 1 aliphatic rings. The minimum Gasteiger partial charge on any atom is -0.484 e. The summed E-state index contributed by atoms with van der Waals surface area (Å²) in [6.45, 7) is 6.36. The van der Waals surface area contributed by atoms with Gasteiger partial charge < -0.3 is 15.0 Å². The molecule has 3 rings (SSSR count). The van der Waals surface area contributed by atoms with Crippen LogP contribution in [0, 0.1) is 12.8 Å². The van der Waals surface area contributed by atoms with Crippen LogP contribution in [0.25, 0.3) is 0 Å². The molecule has 0 spiro atoms. The molecule has 1 atom stereocenters. The number of aromatic nitrogens is 1. The lowest BCUT2D eigenvalue weighted by Crippen LogP contribution is -2.34. The lowest BCUT2D eigenvalue weighted by atomic mass is 10.0. The van der Waals surface area contributed by atoms with E-state index in [2.05, 4.69) is 22.1 Å². The van der Waals surface area contributed by atoms with Gasteiger partial charge in [-0.1, -0.05) is 24.6 Å². The molecular formula is C20H25N3O2. The van der Waals surface area contributed by atoms with E-state index >= 15 is 0 Å². The molecule has 1 aliphatic heterocycles. The highest BCUT2D eigenvalue weighted by molar-refractivity contribution is 5.91. The second-order valence-corrected chi connectivity index (χ2v) is 6.75. The van der Waals surface area contributed by atoms with Gasteiger partial charge >= 0.3 is 0 Å². The molecule has 5 nitrogen and oxygen atoms in total. The van der Waals surface area contributed by atoms with Gasteiger partial charge in [0.2, 0.25) is 0 Å². The summed E-state index contributed by atoms with van der Waals surface area (Å²) in [5.74, 6) is 2.17. The van der Waals surface area contributed by atoms with Crippen LogP contribution in [-0.2, 0) is 4.79 Å². The number of carbonyl (C=O) groups excluding carboxylic acids is 1. The number of piperidine rings is 1. The molecule has 1 aromatic heterocycles.